The van der Waals surface area contributed by atoms with Crippen LogP contribution < -0.4 is 4.74 Å². The van der Waals surface area contributed by atoms with E-state index in [0.29, 0.717) is 11.4 Å². The van der Waals surface area contributed by atoms with Gasteiger partial charge in [-0.3, -0.25) is 9.69 Å². The topological polar surface area (TPSA) is 41.9 Å². The number of amidine groups is 1. The quantitative estimate of drug-likeness (QED) is 0.668. The van der Waals surface area contributed by atoms with Gasteiger partial charge in [-0.15, -0.1) is 0 Å². The number of carbonyl (C=O) groups excluding carboxylic acids is 1. The highest BCUT2D eigenvalue weighted by Crippen LogP contribution is 2.34. The number of carbonyl (C=O) groups is 1. The third-order valence-corrected chi connectivity index (χ3v) is 5.02. The van der Waals surface area contributed by atoms with E-state index in [1.165, 1.54) is 11.8 Å². The molecule has 1 fully saturated rings. The van der Waals surface area contributed by atoms with Crippen LogP contribution in [0.3, 0.4) is 0 Å². The first-order chi connectivity index (χ1) is 12.7. The molecule has 0 unspecified atom stereocenters. The van der Waals surface area contributed by atoms with E-state index in [1.54, 1.807) is 12.0 Å². The fraction of sp³-hybridized carbons (Fsp3) is 0.238. The van der Waals surface area contributed by atoms with Gasteiger partial charge < -0.3 is 4.74 Å². The normalized spacial score (nSPS) is 17.3. The summed E-state index contributed by atoms with van der Waals surface area (Å²) in [6.45, 7) is 2.81. The highest BCUT2D eigenvalue weighted by atomic mass is 32.2. The molecule has 0 atom stereocenters. The number of hydrogen-bond acceptors (Lipinski definition) is 4. The smallest absolute Gasteiger partial charge is 0.266 e. The number of amides is 1. The molecule has 0 aliphatic carbocycles. The predicted octanol–water partition coefficient (Wildman–Crippen LogP) is 5.10. The standard InChI is InChI=1S/C21H22N2O2S/c1-3-4-14-23-20(24)19(15-16-10-12-18(25-2)13-11-16)26-21(23)22-17-8-6-5-7-9-17/h5-13,15H,3-4,14H2,1-2H3/b19-15-,22-21?. The number of hydrogen-bond donors (Lipinski definition) is 0. The number of nitrogens with zero attached hydrogens (tertiary/aromatic N) is 2. The van der Waals surface area contributed by atoms with E-state index in [4.69, 9.17) is 4.74 Å². The second-order valence-corrected chi connectivity index (χ2v) is 6.93. The lowest BCUT2D eigenvalue weighted by atomic mass is 10.2. The maximum absolute atomic E-state index is 12.9. The minimum Gasteiger partial charge on any atom is -0.497 e. The average Bonchev–Trinajstić information content (AvgIpc) is 2.96. The van der Waals surface area contributed by atoms with Crippen molar-refractivity contribution in [2.75, 3.05) is 13.7 Å². The van der Waals surface area contributed by atoms with Crippen LogP contribution in [-0.4, -0.2) is 29.6 Å². The minimum atomic E-state index is 0.0222. The van der Waals surface area contributed by atoms with E-state index in [9.17, 15) is 4.79 Å². The molecule has 0 aromatic heterocycles. The number of ether oxygens (including phenoxy) is 1. The molecule has 2 aromatic rings. The number of para-hydroxylation sites is 1. The van der Waals surface area contributed by atoms with Crippen molar-refractivity contribution in [3.63, 3.8) is 0 Å². The van der Waals surface area contributed by atoms with Crippen molar-refractivity contribution >= 4 is 34.6 Å². The predicted molar refractivity (Wildman–Crippen MR) is 109 cm³/mol. The van der Waals surface area contributed by atoms with E-state index >= 15 is 0 Å². The molecule has 0 radical (unpaired) electrons. The summed E-state index contributed by atoms with van der Waals surface area (Å²) in [5.41, 5.74) is 1.83. The summed E-state index contributed by atoms with van der Waals surface area (Å²) in [5.74, 6) is 0.822. The maximum atomic E-state index is 12.9. The Morgan fingerprint density at radius 2 is 1.85 bits per heavy atom. The first-order valence-electron chi connectivity index (χ1n) is 8.70. The van der Waals surface area contributed by atoms with E-state index in [0.717, 1.165) is 35.0 Å². The second kappa shape index (κ2) is 8.72. The number of thioether (sulfide) groups is 1. The molecule has 1 heterocycles. The third kappa shape index (κ3) is 4.35. The molecule has 2 aromatic carbocycles. The van der Waals surface area contributed by atoms with Crippen LogP contribution in [-0.2, 0) is 4.79 Å². The molecular weight excluding hydrogens is 344 g/mol. The first kappa shape index (κ1) is 18.3. The van der Waals surface area contributed by atoms with Gasteiger partial charge in [-0.2, -0.15) is 0 Å². The van der Waals surface area contributed by atoms with Crippen molar-refractivity contribution in [2.45, 2.75) is 19.8 Å². The lowest BCUT2D eigenvalue weighted by molar-refractivity contribution is -0.122. The summed E-state index contributed by atoms with van der Waals surface area (Å²) in [6.07, 6.45) is 3.90. The van der Waals surface area contributed by atoms with Gasteiger partial charge in [-0.25, -0.2) is 4.99 Å². The molecular formula is C21H22N2O2S. The van der Waals surface area contributed by atoms with Crippen molar-refractivity contribution < 1.29 is 9.53 Å². The molecule has 5 heteroatoms. The van der Waals surface area contributed by atoms with Crippen molar-refractivity contribution in [2.24, 2.45) is 4.99 Å². The SMILES string of the molecule is CCCCN1C(=O)/C(=C/c2ccc(OC)cc2)SC1=Nc1ccccc1. The van der Waals surface area contributed by atoms with Crippen molar-refractivity contribution in [1.29, 1.82) is 0 Å². The fourth-order valence-electron chi connectivity index (χ4n) is 2.57. The van der Waals surface area contributed by atoms with E-state index in [2.05, 4.69) is 11.9 Å². The zero-order chi connectivity index (χ0) is 18.4. The molecule has 1 aliphatic rings. The minimum absolute atomic E-state index is 0.0222. The van der Waals surface area contributed by atoms with Crippen LogP contribution >= 0.6 is 11.8 Å². The highest BCUT2D eigenvalue weighted by Gasteiger charge is 2.32. The molecule has 3 rings (SSSR count). The summed E-state index contributed by atoms with van der Waals surface area (Å²) in [7, 11) is 1.64. The number of rotatable bonds is 6. The lowest BCUT2D eigenvalue weighted by Crippen LogP contribution is -2.30. The number of benzene rings is 2. The average molecular weight is 366 g/mol. The van der Waals surface area contributed by atoms with Crippen molar-refractivity contribution in [3.8, 4) is 5.75 Å². The molecule has 0 spiro atoms. The molecule has 134 valence electrons. The van der Waals surface area contributed by atoms with Crippen LogP contribution in [0, 0.1) is 0 Å². The van der Waals surface area contributed by atoms with E-state index in [1.807, 2.05) is 60.7 Å². The monoisotopic (exact) mass is 366 g/mol. The zero-order valence-electron chi connectivity index (χ0n) is 15.0. The fourth-order valence-corrected chi connectivity index (χ4v) is 3.59. The third-order valence-electron chi connectivity index (χ3n) is 4.02. The molecule has 1 saturated heterocycles. The van der Waals surface area contributed by atoms with Crippen LogP contribution in [0.5, 0.6) is 5.75 Å². The van der Waals surface area contributed by atoms with Gasteiger partial charge in [-0.1, -0.05) is 43.7 Å². The molecule has 1 amide bonds. The molecule has 1 aliphatic heterocycles. The summed E-state index contributed by atoms with van der Waals surface area (Å²) < 4.78 is 5.18. The van der Waals surface area contributed by atoms with Gasteiger partial charge in [0.05, 0.1) is 17.7 Å². The van der Waals surface area contributed by atoms with Crippen molar-refractivity contribution in [3.05, 3.63) is 65.1 Å². The van der Waals surface area contributed by atoms with Crippen LogP contribution in [0.2, 0.25) is 0 Å². The summed E-state index contributed by atoms with van der Waals surface area (Å²) in [5, 5.41) is 0.745. The van der Waals surface area contributed by atoms with Crippen LogP contribution in [0.25, 0.3) is 6.08 Å². The Bertz CT molecular complexity index is 814. The molecule has 0 bridgehead atoms. The first-order valence-corrected chi connectivity index (χ1v) is 9.52. The lowest BCUT2D eigenvalue weighted by Gasteiger charge is -2.14. The van der Waals surface area contributed by atoms with E-state index in [-0.39, 0.29) is 5.91 Å². The highest BCUT2D eigenvalue weighted by molar-refractivity contribution is 8.18. The van der Waals surface area contributed by atoms with Crippen molar-refractivity contribution in [1.82, 2.24) is 4.90 Å². The van der Waals surface area contributed by atoms with Gasteiger partial charge in [-0.05, 0) is 54.1 Å². The van der Waals surface area contributed by atoms with Crippen LogP contribution in [0.15, 0.2) is 64.5 Å². The van der Waals surface area contributed by atoms with Gasteiger partial charge in [0.15, 0.2) is 5.17 Å². The zero-order valence-corrected chi connectivity index (χ0v) is 15.8. The van der Waals surface area contributed by atoms with Gasteiger partial charge in [0.1, 0.15) is 5.75 Å². The summed E-state index contributed by atoms with van der Waals surface area (Å²) >= 11 is 1.43. The second-order valence-electron chi connectivity index (χ2n) is 5.92. The Balaban J connectivity index is 1.89. The van der Waals surface area contributed by atoms with Gasteiger partial charge in [0.25, 0.3) is 5.91 Å². The molecule has 4 nitrogen and oxygen atoms in total. The summed E-state index contributed by atoms with van der Waals surface area (Å²) in [6, 6.07) is 17.4. The number of methoxy groups -OCH3 is 1. The largest absolute Gasteiger partial charge is 0.497 e. The Hall–Kier alpha value is -2.53. The van der Waals surface area contributed by atoms with Gasteiger partial charge in [0.2, 0.25) is 0 Å². The Morgan fingerprint density at radius 1 is 1.12 bits per heavy atom. The Labute approximate surface area is 158 Å². The summed E-state index contributed by atoms with van der Waals surface area (Å²) in [4.78, 5) is 20.0. The molecule has 0 saturated carbocycles. The van der Waals surface area contributed by atoms with E-state index < -0.39 is 0 Å². The van der Waals surface area contributed by atoms with Crippen LogP contribution in [0.1, 0.15) is 25.3 Å². The Kier molecular flexibility index (Phi) is 6.12. The number of aliphatic imine (C=N–C) groups is 1. The molecule has 26 heavy (non-hydrogen) atoms. The van der Waals surface area contributed by atoms with Crippen LogP contribution in [0.4, 0.5) is 5.69 Å². The maximum Gasteiger partial charge on any atom is 0.266 e. The van der Waals surface area contributed by atoms with Gasteiger partial charge >= 0.3 is 0 Å². The Morgan fingerprint density at radius 3 is 2.50 bits per heavy atom. The van der Waals surface area contributed by atoms with Gasteiger partial charge in [0, 0.05) is 6.54 Å². The molecule has 0 N–H and O–H groups in total. The number of unbranched alkanes of at least 4 members (excludes halogenated alkanes) is 1.